The van der Waals surface area contributed by atoms with E-state index in [0.29, 0.717) is 19.0 Å². The fourth-order valence-electron chi connectivity index (χ4n) is 4.19. The summed E-state index contributed by atoms with van der Waals surface area (Å²) in [4.78, 5) is 21.4. The zero-order valence-corrected chi connectivity index (χ0v) is 16.8. The fraction of sp³-hybridized carbons (Fsp3) is 0.478. The van der Waals surface area contributed by atoms with Gasteiger partial charge in [0.25, 0.3) is 0 Å². The molecule has 1 aromatic carbocycles. The van der Waals surface area contributed by atoms with Crippen LogP contribution in [0.5, 0.6) is 5.75 Å². The normalized spacial score (nSPS) is 18.7. The number of para-hydroxylation sites is 1. The van der Waals surface area contributed by atoms with E-state index in [0.717, 1.165) is 49.4 Å². The highest BCUT2D eigenvalue weighted by atomic mass is 16.5. The topological polar surface area (TPSA) is 45.7 Å². The van der Waals surface area contributed by atoms with Crippen molar-refractivity contribution in [3.8, 4) is 5.75 Å². The molecule has 5 nitrogen and oxygen atoms in total. The molecule has 1 amide bonds. The highest BCUT2D eigenvalue weighted by molar-refractivity contribution is 5.79. The molecule has 1 aromatic heterocycles. The van der Waals surface area contributed by atoms with Crippen molar-refractivity contribution in [2.75, 3.05) is 26.2 Å². The maximum absolute atomic E-state index is 12.8. The quantitative estimate of drug-likeness (QED) is 0.800. The number of amides is 1. The van der Waals surface area contributed by atoms with Crippen LogP contribution in [0.4, 0.5) is 0 Å². The first-order valence-electron chi connectivity index (χ1n) is 10.2. The van der Waals surface area contributed by atoms with Gasteiger partial charge in [-0.15, -0.1) is 0 Å². The fourth-order valence-corrected chi connectivity index (χ4v) is 4.19. The predicted octanol–water partition coefficient (Wildman–Crippen LogP) is 3.20. The molecule has 2 fully saturated rings. The van der Waals surface area contributed by atoms with Crippen LogP contribution in [0.1, 0.15) is 29.5 Å². The monoisotopic (exact) mass is 379 g/mol. The Labute approximate surface area is 167 Å². The number of piperidine rings is 1. The lowest BCUT2D eigenvalue weighted by molar-refractivity contribution is -0.146. The van der Waals surface area contributed by atoms with E-state index in [1.807, 2.05) is 17.2 Å². The minimum atomic E-state index is 0.120. The first-order valence-corrected chi connectivity index (χ1v) is 10.2. The predicted molar refractivity (Wildman–Crippen MR) is 109 cm³/mol. The van der Waals surface area contributed by atoms with Crippen LogP contribution >= 0.6 is 0 Å². The molecule has 148 valence electrons. The Hall–Kier alpha value is -2.40. The third-order valence-electron chi connectivity index (χ3n) is 5.92. The van der Waals surface area contributed by atoms with Crippen LogP contribution < -0.4 is 4.74 Å². The lowest BCUT2D eigenvalue weighted by Crippen LogP contribution is -2.58. The lowest BCUT2D eigenvalue weighted by atomic mass is 9.93. The minimum Gasteiger partial charge on any atom is -0.486 e. The average Bonchev–Trinajstić information content (AvgIpc) is 2.67. The molecule has 0 aliphatic carbocycles. The van der Waals surface area contributed by atoms with Crippen molar-refractivity contribution in [3.05, 3.63) is 59.4 Å². The number of ether oxygens (including phenoxy) is 1. The van der Waals surface area contributed by atoms with Crippen LogP contribution in [0.2, 0.25) is 0 Å². The van der Waals surface area contributed by atoms with Gasteiger partial charge in [-0.25, -0.2) is 0 Å². The minimum absolute atomic E-state index is 0.120. The van der Waals surface area contributed by atoms with Crippen LogP contribution in [-0.2, 0) is 11.3 Å². The van der Waals surface area contributed by atoms with Crippen molar-refractivity contribution in [2.24, 2.45) is 5.92 Å². The zero-order chi connectivity index (χ0) is 19.5. The number of carbonyl (C=O) groups is 1. The Morgan fingerprint density at radius 1 is 1.11 bits per heavy atom. The molecule has 0 saturated carbocycles. The van der Waals surface area contributed by atoms with Gasteiger partial charge in [0, 0.05) is 24.9 Å². The molecule has 0 N–H and O–H groups in total. The van der Waals surface area contributed by atoms with E-state index < -0.39 is 0 Å². The molecule has 2 saturated heterocycles. The summed E-state index contributed by atoms with van der Waals surface area (Å²) in [5.41, 5.74) is 3.55. The van der Waals surface area contributed by atoms with Crippen molar-refractivity contribution in [1.29, 1.82) is 0 Å². The summed E-state index contributed by atoms with van der Waals surface area (Å²) < 4.78 is 6.16. The molecular weight excluding hydrogens is 350 g/mol. The molecular formula is C23H29N3O2. The highest BCUT2D eigenvalue weighted by Crippen LogP contribution is 2.28. The van der Waals surface area contributed by atoms with Gasteiger partial charge in [-0.05, 0) is 62.5 Å². The molecule has 3 heterocycles. The number of aromatic nitrogens is 1. The smallest absolute Gasteiger partial charge is 0.226 e. The van der Waals surface area contributed by atoms with E-state index in [-0.39, 0.29) is 12.0 Å². The molecule has 28 heavy (non-hydrogen) atoms. The largest absolute Gasteiger partial charge is 0.486 e. The second-order valence-corrected chi connectivity index (χ2v) is 8.12. The van der Waals surface area contributed by atoms with Gasteiger partial charge < -0.3 is 9.64 Å². The molecule has 2 aromatic rings. The van der Waals surface area contributed by atoms with Crippen LogP contribution in [-0.4, -0.2) is 53.0 Å². The van der Waals surface area contributed by atoms with Crippen LogP contribution in [0.3, 0.4) is 0 Å². The molecule has 2 aliphatic rings. The van der Waals surface area contributed by atoms with Gasteiger partial charge in [-0.1, -0.05) is 24.3 Å². The summed E-state index contributed by atoms with van der Waals surface area (Å²) in [6, 6.07) is 10.3. The number of hydrogen-bond donors (Lipinski definition) is 0. The molecule has 0 bridgehead atoms. The van der Waals surface area contributed by atoms with E-state index in [1.165, 1.54) is 5.56 Å². The molecule has 0 unspecified atom stereocenters. The Morgan fingerprint density at radius 3 is 2.46 bits per heavy atom. The van der Waals surface area contributed by atoms with E-state index in [9.17, 15) is 4.79 Å². The summed E-state index contributed by atoms with van der Waals surface area (Å²) in [5.74, 6) is 1.44. The van der Waals surface area contributed by atoms with Crippen molar-refractivity contribution in [2.45, 2.75) is 39.3 Å². The van der Waals surface area contributed by atoms with E-state index in [2.05, 4.69) is 48.0 Å². The van der Waals surface area contributed by atoms with Crippen LogP contribution in [0.15, 0.2) is 42.7 Å². The Bertz CT molecular complexity index is 790. The van der Waals surface area contributed by atoms with Gasteiger partial charge in [0.1, 0.15) is 11.9 Å². The number of nitrogens with zero attached hydrogens (tertiary/aromatic N) is 3. The zero-order valence-electron chi connectivity index (χ0n) is 16.8. The summed E-state index contributed by atoms with van der Waals surface area (Å²) >= 11 is 0. The van der Waals surface area contributed by atoms with E-state index in [4.69, 9.17) is 4.74 Å². The number of benzene rings is 1. The summed E-state index contributed by atoms with van der Waals surface area (Å²) in [6.45, 7) is 8.44. The van der Waals surface area contributed by atoms with Gasteiger partial charge in [0.15, 0.2) is 0 Å². The number of aryl methyl sites for hydroxylation is 2. The van der Waals surface area contributed by atoms with Crippen molar-refractivity contribution in [1.82, 2.24) is 14.8 Å². The van der Waals surface area contributed by atoms with Crippen molar-refractivity contribution < 1.29 is 9.53 Å². The van der Waals surface area contributed by atoms with Crippen LogP contribution in [0, 0.1) is 19.8 Å². The van der Waals surface area contributed by atoms with Gasteiger partial charge in [-0.3, -0.25) is 14.7 Å². The number of rotatable bonds is 5. The summed E-state index contributed by atoms with van der Waals surface area (Å²) in [5, 5.41) is 0. The summed E-state index contributed by atoms with van der Waals surface area (Å²) in [6.07, 6.45) is 5.73. The Kier molecular flexibility index (Phi) is 5.62. The molecule has 0 atom stereocenters. The van der Waals surface area contributed by atoms with Gasteiger partial charge in [-0.2, -0.15) is 0 Å². The third kappa shape index (κ3) is 4.20. The van der Waals surface area contributed by atoms with E-state index >= 15 is 0 Å². The SMILES string of the molecule is Cc1cccc(C)c1OC1CN(C(=O)C2CCN(Cc3cccnc3)CC2)C1. The van der Waals surface area contributed by atoms with Gasteiger partial charge >= 0.3 is 0 Å². The molecule has 0 spiro atoms. The lowest BCUT2D eigenvalue weighted by Gasteiger charge is -2.42. The molecule has 2 aliphatic heterocycles. The second kappa shape index (κ2) is 8.31. The number of carbonyl (C=O) groups excluding carboxylic acids is 1. The molecule has 5 heteroatoms. The van der Waals surface area contributed by atoms with Gasteiger partial charge in [0.2, 0.25) is 5.91 Å². The summed E-state index contributed by atoms with van der Waals surface area (Å²) in [7, 11) is 0. The van der Waals surface area contributed by atoms with Crippen LogP contribution in [0.25, 0.3) is 0 Å². The molecule has 4 rings (SSSR count). The third-order valence-corrected chi connectivity index (χ3v) is 5.92. The van der Waals surface area contributed by atoms with Gasteiger partial charge in [0.05, 0.1) is 13.1 Å². The maximum atomic E-state index is 12.8. The number of likely N-dealkylation sites (tertiary alicyclic amines) is 2. The molecule has 0 radical (unpaired) electrons. The highest BCUT2D eigenvalue weighted by Gasteiger charge is 2.37. The number of pyridine rings is 1. The standard InChI is InChI=1S/C23H29N3O2/c1-17-5-3-6-18(2)22(17)28-21-15-26(16-21)23(27)20-8-11-25(12-9-20)14-19-7-4-10-24-13-19/h3-7,10,13,20-21H,8-9,11-12,14-16H2,1-2H3. The van der Waals surface area contributed by atoms with E-state index in [1.54, 1.807) is 6.20 Å². The first kappa shape index (κ1) is 18.9. The first-order chi connectivity index (χ1) is 13.6. The Morgan fingerprint density at radius 2 is 1.82 bits per heavy atom. The second-order valence-electron chi connectivity index (χ2n) is 8.12. The van der Waals surface area contributed by atoms with Crippen molar-refractivity contribution in [3.63, 3.8) is 0 Å². The van der Waals surface area contributed by atoms with Crippen molar-refractivity contribution >= 4 is 5.91 Å². The Balaban J connectivity index is 1.22. The maximum Gasteiger partial charge on any atom is 0.226 e. The number of hydrogen-bond acceptors (Lipinski definition) is 4. The average molecular weight is 380 g/mol.